The van der Waals surface area contributed by atoms with Crippen molar-refractivity contribution >= 4 is 0 Å². The van der Waals surface area contributed by atoms with Gasteiger partial charge in [0.15, 0.2) is 0 Å². The third kappa shape index (κ3) is 0.683. The molecule has 46 valence electrons. The van der Waals surface area contributed by atoms with E-state index in [2.05, 4.69) is 20.8 Å². The van der Waals surface area contributed by atoms with Gasteiger partial charge < -0.3 is 0 Å². The SMILES string of the molecule is CCC1=C(C)CC1C. The molecule has 0 bridgehead atoms. The zero-order valence-electron chi connectivity index (χ0n) is 5.99. The summed E-state index contributed by atoms with van der Waals surface area (Å²) in [5, 5.41) is 0. The second kappa shape index (κ2) is 1.93. The molecule has 0 heteroatoms. The van der Waals surface area contributed by atoms with E-state index in [0.717, 1.165) is 5.92 Å². The molecule has 0 aliphatic heterocycles. The maximum absolute atomic E-state index is 2.31. The lowest BCUT2D eigenvalue weighted by Gasteiger charge is -2.28. The molecule has 0 nitrogen and oxygen atoms in total. The normalized spacial score (nSPS) is 28.1. The Morgan fingerprint density at radius 3 is 2.38 bits per heavy atom. The molecule has 0 heterocycles. The van der Waals surface area contributed by atoms with E-state index in [9.17, 15) is 0 Å². The fourth-order valence-electron chi connectivity index (χ4n) is 1.65. The monoisotopic (exact) mass is 110 g/mol. The molecular weight excluding hydrogens is 96.1 g/mol. The summed E-state index contributed by atoms with van der Waals surface area (Å²) in [7, 11) is 0. The first kappa shape index (κ1) is 5.87. The summed E-state index contributed by atoms with van der Waals surface area (Å²) < 4.78 is 0. The van der Waals surface area contributed by atoms with Crippen molar-refractivity contribution in [1.29, 1.82) is 0 Å². The Morgan fingerprint density at radius 1 is 1.62 bits per heavy atom. The number of hydrogen-bond donors (Lipinski definition) is 0. The molecular formula is C8H14. The molecule has 0 aromatic heterocycles. The molecule has 0 spiro atoms. The first-order chi connectivity index (χ1) is 3.75. The summed E-state index contributed by atoms with van der Waals surface area (Å²) in [6.45, 7) is 6.80. The molecule has 0 fully saturated rings. The van der Waals surface area contributed by atoms with Crippen molar-refractivity contribution in [2.75, 3.05) is 0 Å². The number of hydrogen-bond acceptors (Lipinski definition) is 0. The largest absolute Gasteiger partial charge is 0.0733 e. The highest BCUT2D eigenvalue weighted by molar-refractivity contribution is 5.25. The average Bonchev–Trinajstić information content (AvgIpc) is 1.67. The predicted octanol–water partition coefficient (Wildman–Crippen LogP) is 2.75. The lowest BCUT2D eigenvalue weighted by Crippen LogP contribution is -2.12. The van der Waals surface area contributed by atoms with Crippen LogP contribution in [0.4, 0.5) is 0 Å². The Kier molecular flexibility index (Phi) is 1.41. The molecule has 0 aromatic rings. The smallest absolute Gasteiger partial charge is 0.0192 e. The fraction of sp³-hybridized carbons (Fsp3) is 0.750. The molecule has 1 unspecified atom stereocenters. The molecule has 1 atom stereocenters. The summed E-state index contributed by atoms with van der Waals surface area (Å²) in [5.74, 6) is 0.903. The van der Waals surface area contributed by atoms with Crippen LogP contribution in [-0.4, -0.2) is 0 Å². The van der Waals surface area contributed by atoms with E-state index in [1.54, 1.807) is 11.1 Å². The van der Waals surface area contributed by atoms with Gasteiger partial charge in [-0.1, -0.05) is 25.0 Å². The standard InChI is InChI=1S/C8H14/c1-4-8-6(2)5-7(8)3/h6H,4-5H2,1-3H3. The fourth-order valence-corrected chi connectivity index (χ4v) is 1.65. The molecule has 0 aromatic carbocycles. The summed E-state index contributed by atoms with van der Waals surface area (Å²) in [6, 6.07) is 0. The topological polar surface area (TPSA) is 0 Å². The van der Waals surface area contributed by atoms with Gasteiger partial charge in [0.05, 0.1) is 0 Å². The van der Waals surface area contributed by atoms with Crippen molar-refractivity contribution < 1.29 is 0 Å². The van der Waals surface area contributed by atoms with Gasteiger partial charge in [-0.2, -0.15) is 0 Å². The minimum absolute atomic E-state index is 0.903. The zero-order chi connectivity index (χ0) is 6.15. The van der Waals surface area contributed by atoms with Crippen molar-refractivity contribution in [3.8, 4) is 0 Å². The van der Waals surface area contributed by atoms with Gasteiger partial charge in [0.1, 0.15) is 0 Å². The van der Waals surface area contributed by atoms with Crippen LogP contribution in [0.2, 0.25) is 0 Å². The van der Waals surface area contributed by atoms with Gasteiger partial charge in [-0.3, -0.25) is 0 Å². The quantitative estimate of drug-likeness (QED) is 0.455. The van der Waals surface area contributed by atoms with Gasteiger partial charge in [0.2, 0.25) is 0 Å². The maximum atomic E-state index is 2.31. The third-order valence-corrected chi connectivity index (χ3v) is 2.14. The van der Waals surface area contributed by atoms with E-state index in [0.29, 0.717) is 0 Å². The van der Waals surface area contributed by atoms with Crippen molar-refractivity contribution in [3.05, 3.63) is 11.1 Å². The van der Waals surface area contributed by atoms with E-state index in [1.807, 2.05) is 0 Å². The summed E-state index contributed by atoms with van der Waals surface area (Å²) >= 11 is 0. The first-order valence-electron chi connectivity index (χ1n) is 3.44. The van der Waals surface area contributed by atoms with Crippen LogP contribution >= 0.6 is 0 Å². The Hall–Kier alpha value is -0.260. The minimum Gasteiger partial charge on any atom is -0.0733 e. The van der Waals surface area contributed by atoms with Crippen LogP contribution in [0.25, 0.3) is 0 Å². The Morgan fingerprint density at radius 2 is 2.25 bits per heavy atom. The molecule has 0 N–H and O–H groups in total. The second-order valence-electron chi connectivity index (χ2n) is 2.76. The third-order valence-electron chi connectivity index (χ3n) is 2.14. The van der Waals surface area contributed by atoms with Crippen LogP contribution in [0.15, 0.2) is 11.1 Å². The van der Waals surface area contributed by atoms with Crippen molar-refractivity contribution in [2.45, 2.75) is 33.6 Å². The van der Waals surface area contributed by atoms with E-state index in [1.165, 1.54) is 12.8 Å². The van der Waals surface area contributed by atoms with Gasteiger partial charge in [-0.05, 0) is 25.7 Å². The highest BCUT2D eigenvalue weighted by Gasteiger charge is 2.19. The van der Waals surface area contributed by atoms with Crippen molar-refractivity contribution in [3.63, 3.8) is 0 Å². The van der Waals surface area contributed by atoms with Gasteiger partial charge in [0.25, 0.3) is 0 Å². The van der Waals surface area contributed by atoms with Crippen LogP contribution in [0.1, 0.15) is 33.6 Å². The second-order valence-corrected chi connectivity index (χ2v) is 2.76. The van der Waals surface area contributed by atoms with Gasteiger partial charge in [-0.15, -0.1) is 0 Å². The van der Waals surface area contributed by atoms with Gasteiger partial charge >= 0.3 is 0 Å². The number of rotatable bonds is 1. The molecule has 1 rings (SSSR count). The first-order valence-corrected chi connectivity index (χ1v) is 3.44. The predicted molar refractivity (Wildman–Crippen MR) is 36.8 cm³/mol. The van der Waals surface area contributed by atoms with E-state index < -0.39 is 0 Å². The van der Waals surface area contributed by atoms with E-state index >= 15 is 0 Å². The Bertz CT molecular complexity index is 120. The van der Waals surface area contributed by atoms with Gasteiger partial charge in [0, 0.05) is 0 Å². The summed E-state index contributed by atoms with van der Waals surface area (Å²) in [4.78, 5) is 0. The lowest BCUT2D eigenvalue weighted by atomic mass is 9.78. The molecule has 1 aliphatic carbocycles. The highest BCUT2D eigenvalue weighted by Crippen LogP contribution is 2.35. The van der Waals surface area contributed by atoms with Crippen LogP contribution < -0.4 is 0 Å². The van der Waals surface area contributed by atoms with Crippen molar-refractivity contribution in [1.82, 2.24) is 0 Å². The molecule has 0 saturated carbocycles. The molecule has 0 radical (unpaired) electrons. The molecule has 0 amide bonds. The molecule has 1 aliphatic rings. The average molecular weight is 110 g/mol. The summed E-state index contributed by atoms with van der Waals surface area (Å²) in [6.07, 6.45) is 2.62. The van der Waals surface area contributed by atoms with Crippen LogP contribution in [0.5, 0.6) is 0 Å². The van der Waals surface area contributed by atoms with E-state index in [4.69, 9.17) is 0 Å². The summed E-state index contributed by atoms with van der Waals surface area (Å²) in [5.41, 5.74) is 3.34. The van der Waals surface area contributed by atoms with Crippen LogP contribution in [0.3, 0.4) is 0 Å². The Balaban J connectivity index is 2.60. The van der Waals surface area contributed by atoms with Crippen LogP contribution in [-0.2, 0) is 0 Å². The minimum atomic E-state index is 0.903. The van der Waals surface area contributed by atoms with Crippen LogP contribution in [0, 0.1) is 5.92 Å². The zero-order valence-corrected chi connectivity index (χ0v) is 5.99. The maximum Gasteiger partial charge on any atom is -0.0192 e. The molecule has 8 heavy (non-hydrogen) atoms. The Labute approximate surface area is 51.6 Å². The highest BCUT2D eigenvalue weighted by atomic mass is 14.2. The molecule has 0 saturated heterocycles. The van der Waals surface area contributed by atoms with E-state index in [-0.39, 0.29) is 0 Å². The van der Waals surface area contributed by atoms with Crippen molar-refractivity contribution in [2.24, 2.45) is 5.92 Å². The lowest BCUT2D eigenvalue weighted by molar-refractivity contribution is 0.560. The van der Waals surface area contributed by atoms with Gasteiger partial charge in [-0.25, -0.2) is 0 Å². The number of allylic oxidation sites excluding steroid dienone is 2.